The number of aliphatic carboxylic acids is 2. The second-order valence-electron chi connectivity index (χ2n) is 11.6. The zero-order chi connectivity index (χ0) is 35.2. The second-order valence-corrected chi connectivity index (χ2v) is 13.6. The average Bonchev–Trinajstić information content (AvgIpc) is 3.80. The Balaban J connectivity index is 1.18. The highest BCUT2D eigenvalue weighted by atomic mass is 32.2. The fourth-order valence-corrected chi connectivity index (χ4v) is 7.11. The van der Waals surface area contributed by atoms with Gasteiger partial charge in [-0.2, -0.15) is 0 Å². The highest BCUT2D eigenvalue weighted by molar-refractivity contribution is 8.00. The van der Waals surface area contributed by atoms with Crippen LogP contribution in [-0.4, -0.2) is 77.6 Å². The molecule has 6 rings (SSSR count). The lowest BCUT2D eigenvalue weighted by atomic mass is 10.0. The molecule has 4 aromatic heterocycles. The Bertz CT molecular complexity index is 2100. The van der Waals surface area contributed by atoms with Crippen molar-refractivity contribution in [2.75, 3.05) is 11.5 Å². The van der Waals surface area contributed by atoms with Crippen molar-refractivity contribution in [2.45, 2.75) is 44.0 Å². The van der Waals surface area contributed by atoms with Crippen LogP contribution in [0, 0.1) is 5.41 Å². The molecule has 254 valence electrons. The number of aromatic nitrogens is 3. The van der Waals surface area contributed by atoms with Crippen molar-refractivity contribution in [1.29, 1.82) is 5.41 Å². The Morgan fingerprint density at radius 2 is 2.12 bits per heavy atom. The van der Waals surface area contributed by atoms with Crippen molar-refractivity contribution in [2.24, 2.45) is 10.9 Å². The van der Waals surface area contributed by atoms with Gasteiger partial charge in [0.05, 0.1) is 34.7 Å². The summed E-state index contributed by atoms with van der Waals surface area (Å²) in [6.45, 7) is 3.04. The Labute approximate surface area is 285 Å². The number of furan rings is 1. The van der Waals surface area contributed by atoms with Crippen molar-refractivity contribution < 1.29 is 43.2 Å². The quantitative estimate of drug-likeness (QED) is 0.0414. The van der Waals surface area contributed by atoms with Crippen molar-refractivity contribution in [3.8, 4) is 0 Å². The number of anilines is 1. The van der Waals surface area contributed by atoms with Gasteiger partial charge in [-0.3, -0.25) is 19.9 Å². The number of nitrogens with zero attached hydrogens (tertiary/aromatic N) is 5. The van der Waals surface area contributed by atoms with Gasteiger partial charge in [0.2, 0.25) is 5.60 Å². The van der Waals surface area contributed by atoms with Crippen LogP contribution in [0.4, 0.5) is 5.13 Å². The molecule has 4 aromatic rings. The van der Waals surface area contributed by atoms with E-state index in [0.717, 1.165) is 27.1 Å². The van der Waals surface area contributed by atoms with E-state index in [4.69, 9.17) is 26.1 Å². The number of pyridine rings is 1. The van der Waals surface area contributed by atoms with E-state index < -0.39 is 46.5 Å². The Kier molecular flexibility index (Phi) is 8.63. The number of rotatable bonds is 12. The van der Waals surface area contributed by atoms with E-state index in [1.807, 2.05) is 29.1 Å². The fraction of sp³-hybridized carbons (Fsp3) is 0.267. The van der Waals surface area contributed by atoms with Crippen LogP contribution >= 0.6 is 23.1 Å². The number of amidine groups is 1. The number of carbonyl (C=O) groups is 4. The molecule has 0 aliphatic carbocycles. The third-order valence-corrected chi connectivity index (χ3v) is 9.83. The predicted octanol–water partition coefficient (Wildman–Crippen LogP) is -0.419. The number of carboxylic acid groups (broad SMARTS) is 2. The molecule has 2 aliphatic rings. The van der Waals surface area contributed by atoms with Crippen LogP contribution in [0.2, 0.25) is 0 Å². The number of hydrogen-bond donors (Lipinski definition) is 5. The van der Waals surface area contributed by atoms with E-state index in [2.05, 4.69) is 15.5 Å². The van der Waals surface area contributed by atoms with Gasteiger partial charge >= 0.3 is 5.97 Å². The summed E-state index contributed by atoms with van der Waals surface area (Å²) in [6, 6.07) is 4.36. The van der Waals surface area contributed by atoms with E-state index in [0.29, 0.717) is 23.4 Å². The van der Waals surface area contributed by atoms with Gasteiger partial charge in [0.25, 0.3) is 11.8 Å². The molecule has 19 heteroatoms. The molecule has 1 fully saturated rings. The van der Waals surface area contributed by atoms with Crippen molar-refractivity contribution in [3.05, 3.63) is 76.7 Å². The monoisotopic (exact) mass is 707 g/mol. The van der Waals surface area contributed by atoms with Gasteiger partial charge in [0.15, 0.2) is 29.8 Å². The Morgan fingerprint density at radius 3 is 2.78 bits per heavy atom. The summed E-state index contributed by atoms with van der Waals surface area (Å²) in [5.41, 5.74) is 10.6. The molecule has 0 saturated carbocycles. The normalized spacial score (nSPS) is 17.9. The maximum atomic E-state index is 13.3. The SMILES string of the molecule is CC(C)(ON=C(C(=O)N[C@@H]1C(=O)N2C(C(=O)[O-])=C(C[n+]3ccc4c(ccn4Cc4cc(C(=N)N)co4)c3)CS[C@H]12)c1csc(N)n1)C(=O)O. The van der Waals surface area contributed by atoms with E-state index in [-0.39, 0.29) is 34.7 Å². The smallest absolute Gasteiger partial charge is 0.350 e. The molecule has 6 heterocycles. The highest BCUT2D eigenvalue weighted by Crippen LogP contribution is 2.40. The number of carboxylic acids is 2. The molecular formula is C30H29N9O8S2. The standard InChI is InChI=1S/C30H29N9O8S2/c1-30(2,28(44)45)47-36-20(18-13-49-29(33)34-18)24(40)35-21-25(41)39-22(27(42)43)16(12-48-26(21)39)9-37-5-4-19-14(8-37)3-6-38(19)10-17-7-15(11-46-17)23(31)32/h3-8,11,13,21,26H,9-10,12H2,1-2H3,(H7-,31,32,33,34,35,40,42,43,44,45)/t21-,26-/m1/s1. The number of fused-ring (bicyclic) bond motifs is 2. The van der Waals surface area contributed by atoms with Crippen molar-refractivity contribution >= 4 is 74.4 Å². The molecular weight excluding hydrogens is 679 g/mol. The topological polar surface area (TPSA) is 259 Å². The van der Waals surface area contributed by atoms with E-state index in [1.54, 1.807) is 16.8 Å². The summed E-state index contributed by atoms with van der Waals surface area (Å²) < 4.78 is 9.28. The minimum Gasteiger partial charge on any atom is -0.543 e. The molecule has 0 unspecified atom stereocenters. The van der Waals surface area contributed by atoms with Crippen LogP contribution in [-0.2, 0) is 37.1 Å². The number of β-lactam (4-membered cyclic amide) rings is 1. The number of thiazole rings is 1. The third kappa shape index (κ3) is 6.44. The first-order valence-corrected chi connectivity index (χ1v) is 16.5. The van der Waals surface area contributed by atoms with Crippen LogP contribution in [0.5, 0.6) is 0 Å². The largest absolute Gasteiger partial charge is 0.543 e. The number of nitrogen functional groups attached to an aromatic ring is 2. The van der Waals surface area contributed by atoms with Crippen LogP contribution in [0.1, 0.15) is 30.9 Å². The third-order valence-electron chi connectivity index (χ3n) is 7.82. The van der Waals surface area contributed by atoms with Gasteiger partial charge in [0, 0.05) is 29.0 Å². The van der Waals surface area contributed by atoms with Gasteiger partial charge in [-0.15, -0.1) is 23.1 Å². The summed E-state index contributed by atoms with van der Waals surface area (Å²) in [5, 5.41) is 37.3. The lowest BCUT2D eigenvalue weighted by molar-refractivity contribution is -0.687. The van der Waals surface area contributed by atoms with Gasteiger partial charge in [-0.25, -0.2) is 14.3 Å². The fourth-order valence-electron chi connectivity index (χ4n) is 5.22. The number of thioether (sulfide) groups is 1. The van der Waals surface area contributed by atoms with Gasteiger partial charge < -0.3 is 45.6 Å². The maximum Gasteiger partial charge on any atom is 0.350 e. The number of nitrogens with two attached hydrogens (primary N) is 2. The lowest BCUT2D eigenvalue weighted by Crippen LogP contribution is -2.71. The van der Waals surface area contributed by atoms with Crippen LogP contribution in [0.3, 0.4) is 0 Å². The number of nitrogens with one attached hydrogen (secondary N) is 2. The number of amides is 2. The summed E-state index contributed by atoms with van der Waals surface area (Å²) >= 11 is 2.28. The zero-order valence-corrected chi connectivity index (χ0v) is 27.5. The molecule has 0 radical (unpaired) electrons. The average molecular weight is 708 g/mol. The summed E-state index contributed by atoms with van der Waals surface area (Å²) in [7, 11) is 0. The van der Waals surface area contributed by atoms with Crippen LogP contribution < -0.4 is 26.5 Å². The zero-order valence-electron chi connectivity index (χ0n) is 25.9. The summed E-state index contributed by atoms with van der Waals surface area (Å²) in [5.74, 6) is -3.66. The maximum absolute atomic E-state index is 13.3. The first-order valence-electron chi connectivity index (χ1n) is 14.5. The van der Waals surface area contributed by atoms with Crippen LogP contribution in [0.25, 0.3) is 10.9 Å². The van der Waals surface area contributed by atoms with Gasteiger partial charge in [-0.05, 0) is 26.0 Å². The number of oxime groups is 1. The molecule has 17 nitrogen and oxygen atoms in total. The molecule has 0 aromatic carbocycles. The highest BCUT2D eigenvalue weighted by Gasteiger charge is 2.53. The minimum absolute atomic E-state index is 0.00569. The molecule has 7 N–H and O–H groups in total. The second kappa shape index (κ2) is 12.7. The van der Waals surface area contributed by atoms with Gasteiger partial charge in [-0.1, -0.05) is 5.16 Å². The molecule has 0 bridgehead atoms. The molecule has 49 heavy (non-hydrogen) atoms. The molecule has 2 amide bonds. The summed E-state index contributed by atoms with van der Waals surface area (Å²) in [6.07, 6.45) is 6.95. The van der Waals surface area contributed by atoms with Crippen molar-refractivity contribution in [1.82, 2.24) is 19.8 Å². The van der Waals surface area contributed by atoms with Gasteiger partial charge in [0.1, 0.15) is 35.0 Å². The first-order chi connectivity index (χ1) is 23.2. The van der Waals surface area contributed by atoms with Crippen LogP contribution in [0.15, 0.2) is 69.3 Å². The minimum atomic E-state index is -1.78. The molecule has 1 saturated heterocycles. The number of carbonyl (C=O) groups excluding carboxylic acids is 3. The molecule has 2 aliphatic heterocycles. The Hall–Kier alpha value is -5.69. The molecule has 0 spiro atoms. The lowest BCUT2D eigenvalue weighted by Gasteiger charge is -2.50. The first kappa shape index (κ1) is 33.2. The Morgan fingerprint density at radius 1 is 1.35 bits per heavy atom. The van der Waals surface area contributed by atoms with E-state index >= 15 is 0 Å². The van der Waals surface area contributed by atoms with E-state index in [9.17, 15) is 29.4 Å². The number of hydrogen-bond acceptors (Lipinski definition) is 13. The molecule has 2 atom stereocenters. The predicted molar refractivity (Wildman–Crippen MR) is 174 cm³/mol. The van der Waals surface area contributed by atoms with Crippen molar-refractivity contribution in [3.63, 3.8) is 0 Å². The van der Waals surface area contributed by atoms with E-state index in [1.165, 1.54) is 37.3 Å². The summed E-state index contributed by atoms with van der Waals surface area (Å²) in [4.78, 5) is 60.8.